The molecule has 0 aliphatic carbocycles. The SMILES string of the molecule is COc1ccccc1OCC(=O)NCc1ccc(OCC(N)=O)cc1. The van der Waals surface area contributed by atoms with Gasteiger partial charge in [-0.25, -0.2) is 0 Å². The van der Waals surface area contributed by atoms with E-state index in [2.05, 4.69) is 5.32 Å². The fraction of sp³-hybridized carbons (Fsp3) is 0.222. The van der Waals surface area contributed by atoms with Gasteiger partial charge in [0.25, 0.3) is 11.8 Å². The van der Waals surface area contributed by atoms with Crippen LogP contribution >= 0.6 is 0 Å². The lowest BCUT2D eigenvalue weighted by molar-refractivity contribution is -0.123. The maximum Gasteiger partial charge on any atom is 0.258 e. The Kier molecular flexibility index (Phi) is 6.65. The molecule has 0 saturated carbocycles. The largest absolute Gasteiger partial charge is 0.493 e. The first-order valence-electron chi connectivity index (χ1n) is 7.61. The maximum atomic E-state index is 11.9. The number of hydrogen-bond acceptors (Lipinski definition) is 5. The van der Waals surface area contributed by atoms with Crippen molar-refractivity contribution in [3.05, 3.63) is 54.1 Å². The Morgan fingerprint density at radius 2 is 1.64 bits per heavy atom. The topological polar surface area (TPSA) is 99.9 Å². The van der Waals surface area contributed by atoms with Gasteiger partial charge in [-0.15, -0.1) is 0 Å². The van der Waals surface area contributed by atoms with Crippen molar-refractivity contribution in [1.82, 2.24) is 5.32 Å². The fourth-order valence-electron chi connectivity index (χ4n) is 1.99. The molecule has 2 aromatic rings. The summed E-state index contributed by atoms with van der Waals surface area (Å²) in [5.41, 5.74) is 5.89. The first-order valence-corrected chi connectivity index (χ1v) is 7.61. The summed E-state index contributed by atoms with van der Waals surface area (Å²) in [6.45, 7) is 0.0702. The second-order valence-electron chi connectivity index (χ2n) is 5.12. The molecule has 0 spiro atoms. The number of para-hydroxylation sites is 2. The maximum absolute atomic E-state index is 11.9. The summed E-state index contributed by atoms with van der Waals surface area (Å²) < 4.78 is 15.8. The van der Waals surface area contributed by atoms with E-state index in [4.69, 9.17) is 19.9 Å². The normalized spacial score (nSPS) is 9.96. The standard InChI is InChI=1S/C18H20N2O5/c1-23-15-4-2-3-5-16(15)25-12-18(22)20-10-13-6-8-14(9-7-13)24-11-17(19)21/h2-9H,10-12H2,1H3,(H2,19,21)(H,20,22). The van der Waals surface area contributed by atoms with Crippen LogP contribution in [-0.4, -0.2) is 32.1 Å². The van der Waals surface area contributed by atoms with Crippen LogP contribution in [0.5, 0.6) is 17.2 Å². The Balaban J connectivity index is 1.77. The quantitative estimate of drug-likeness (QED) is 0.713. The van der Waals surface area contributed by atoms with Crippen molar-refractivity contribution in [2.24, 2.45) is 5.73 Å². The fourth-order valence-corrected chi connectivity index (χ4v) is 1.99. The van der Waals surface area contributed by atoms with E-state index < -0.39 is 5.91 Å². The Morgan fingerprint density at radius 1 is 0.960 bits per heavy atom. The van der Waals surface area contributed by atoms with Crippen LogP contribution in [0.3, 0.4) is 0 Å². The summed E-state index contributed by atoms with van der Waals surface area (Å²) >= 11 is 0. The molecule has 0 heterocycles. The van der Waals surface area contributed by atoms with Gasteiger partial charge in [0.05, 0.1) is 7.11 Å². The highest BCUT2D eigenvalue weighted by atomic mass is 16.5. The molecule has 132 valence electrons. The van der Waals surface area contributed by atoms with E-state index in [1.54, 1.807) is 49.6 Å². The number of nitrogens with two attached hydrogens (primary N) is 1. The molecule has 7 heteroatoms. The van der Waals surface area contributed by atoms with E-state index in [1.165, 1.54) is 0 Å². The molecule has 0 unspecified atom stereocenters. The average Bonchev–Trinajstić information content (AvgIpc) is 2.64. The van der Waals surface area contributed by atoms with Crippen LogP contribution in [0.2, 0.25) is 0 Å². The predicted octanol–water partition coefficient (Wildman–Crippen LogP) is 1.25. The van der Waals surface area contributed by atoms with Gasteiger partial charge in [0.1, 0.15) is 5.75 Å². The van der Waals surface area contributed by atoms with Gasteiger partial charge in [-0.3, -0.25) is 9.59 Å². The molecule has 2 amide bonds. The molecule has 0 aliphatic heterocycles. The number of nitrogens with one attached hydrogen (secondary N) is 1. The van der Waals surface area contributed by atoms with Gasteiger partial charge < -0.3 is 25.3 Å². The highest BCUT2D eigenvalue weighted by molar-refractivity contribution is 5.77. The number of carbonyl (C=O) groups is 2. The summed E-state index contributed by atoms with van der Waals surface area (Å²) in [7, 11) is 1.54. The van der Waals surface area contributed by atoms with E-state index in [-0.39, 0.29) is 19.1 Å². The third kappa shape index (κ3) is 6.06. The van der Waals surface area contributed by atoms with Gasteiger partial charge in [-0.2, -0.15) is 0 Å². The zero-order valence-electron chi connectivity index (χ0n) is 13.9. The highest BCUT2D eigenvalue weighted by Gasteiger charge is 2.07. The lowest BCUT2D eigenvalue weighted by Gasteiger charge is -2.11. The summed E-state index contributed by atoms with van der Waals surface area (Å²) in [5, 5.41) is 2.76. The predicted molar refractivity (Wildman–Crippen MR) is 91.5 cm³/mol. The lowest BCUT2D eigenvalue weighted by Crippen LogP contribution is -2.28. The van der Waals surface area contributed by atoms with Crippen LogP contribution in [0.4, 0.5) is 0 Å². The van der Waals surface area contributed by atoms with Crippen molar-refractivity contribution < 1.29 is 23.8 Å². The molecule has 0 aliphatic rings. The van der Waals surface area contributed by atoms with Gasteiger partial charge in [-0.05, 0) is 29.8 Å². The number of methoxy groups -OCH3 is 1. The van der Waals surface area contributed by atoms with Crippen LogP contribution < -0.4 is 25.3 Å². The molecule has 0 aromatic heterocycles. The zero-order chi connectivity index (χ0) is 18.1. The van der Waals surface area contributed by atoms with Crippen molar-refractivity contribution in [3.8, 4) is 17.2 Å². The van der Waals surface area contributed by atoms with Gasteiger partial charge in [-0.1, -0.05) is 24.3 Å². The Hall–Kier alpha value is -3.22. The molecule has 7 nitrogen and oxygen atoms in total. The first-order chi connectivity index (χ1) is 12.1. The van der Waals surface area contributed by atoms with Gasteiger partial charge in [0.15, 0.2) is 24.7 Å². The average molecular weight is 344 g/mol. The molecule has 3 N–H and O–H groups in total. The molecule has 0 radical (unpaired) electrons. The molecule has 0 atom stereocenters. The molecule has 2 aromatic carbocycles. The molecular weight excluding hydrogens is 324 g/mol. The zero-order valence-corrected chi connectivity index (χ0v) is 13.9. The van der Waals surface area contributed by atoms with Crippen molar-refractivity contribution >= 4 is 11.8 Å². The van der Waals surface area contributed by atoms with Gasteiger partial charge >= 0.3 is 0 Å². The number of carbonyl (C=O) groups excluding carboxylic acids is 2. The summed E-state index contributed by atoms with van der Waals surface area (Å²) in [5.74, 6) is 0.831. The van der Waals surface area contributed by atoms with Gasteiger partial charge in [0, 0.05) is 6.54 Å². The summed E-state index contributed by atoms with van der Waals surface area (Å²) in [4.78, 5) is 22.5. The smallest absolute Gasteiger partial charge is 0.258 e. The molecule has 0 bridgehead atoms. The van der Waals surface area contributed by atoms with E-state index in [0.29, 0.717) is 23.8 Å². The minimum absolute atomic E-state index is 0.111. The molecule has 25 heavy (non-hydrogen) atoms. The number of rotatable bonds is 9. The molecular formula is C18H20N2O5. The number of benzene rings is 2. The Labute approximate surface area is 145 Å². The van der Waals surface area contributed by atoms with E-state index in [9.17, 15) is 9.59 Å². The number of primary amides is 1. The van der Waals surface area contributed by atoms with Crippen molar-refractivity contribution in [2.75, 3.05) is 20.3 Å². The highest BCUT2D eigenvalue weighted by Crippen LogP contribution is 2.25. The Morgan fingerprint density at radius 3 is 2.28 bits per heavy atom. The number of amides is 2. The Bertz CT molecular complexity index is 716. The van der Waals surface area contributed by atoms with Gasteiger partial charge in [0.2, 0.25) is 0 Å². The van der Waals surface area contributed by atoms with Crippen molar-refractivity contribution in [3.63, 3.8) is 0 Å². The summed E-state index contributed by atoms with van der Waals surface area (Å²) in [6, 6.07) is 14.1. The monoisotopic (exact) mass is 344 g/mol. The van der Waals surface area contributed by atoms with Crippen LogP contribution in [0.1, 0.15) is 5.56 Å². The van der Waals surface area contributed by atoms with Crippen molar-refractivity contribution in [1.29, 1.82) is 0 Å². The lowest BCUT2D eigenvalue weighted by atomic mass is 10.2. The third-order valence-corrected chi connectivity index (χ3v) is 3.22. The van der Waals surface area contributed by atoms with E-state index >= 15 is 0 Å². The first kappa shape index (κ1) is 18.1. The van der Waals surface area contributed by atoms with Crippen LogP contribution in [0, 0.1) is 0 Å². The molecule has 0 fully saturated rings. The second kappa shape index (κ2) is 9.17. The summed E-state index contributed by atoms with van der Waals surface area (Å²) in [6.07, 6.45) is 0. The second-order valence-corrected chi connectivity index (χ2v) is 5.12. The van der Waals surface area contributed by atoms with Crippen molar-refractivity contribution in [2.45, 2.75) is 6.54 Å². The van der Waals surface area contributed by atoms with Crippen LogP contribution in [-0.2, 0) is 16.1 Å². The molecule has 0 saturated heterocycles. The van der Waals surface area contributed by atoms with Crippen LogP contribution in [0.15, 0.2) is 48.5 Å². The number of ether oxygens (including phenoxy) is 3. The third-order valence-electron chi connectivity index (χ3n) is 3.22. The minimum atomic E-state index is -0.536. The van der Waals surface area contributed by atoms with E-state index in [0.717, 1.165) is 5.56 Å². The number of hydrogen-bond donors (Lipinski definition) is 2. The van der Waals surface area contributed by atoms with E-state index in [1.807, 2.05) is 6.07 Å². The molecule has 2 rings (SSSR count). The van der Waals surface area contributed by atoms with Crippen LogP contribution in [0.25, 0.3) is 0 Å². The minimum Gasteiger partial charge on any atom is -0.493 e.